The fourth-order valence-corrected chi connectivity index (χ4v) is 2.94. The van der Waals surface area contributed by atoms with Crippen LogP contribution >= 0.6 is 0 Å². The van der Waals surface area contributed by atoms with E-state index in [0.29, 0.717) is 11.6 Å². The molecule has 0 radical (unpaired) electrons. The lowest BCUT2D eigenvalue weighted by molar-refractivity contribution is -0.137. The van der Waals surface area contributed by atoms with Gasteiger partial charge < -0.3 is 10.2 Å². The van der Waals surface area contributed by atoms with Crippen molar-refractivity contribution in [2.24, 2.45) is 11.1 Å². The Labute approximate surface area is 134 Å². The Bertz CT molecular complexity index is 538. The molecule has 0 aromatic heterocycles. The first kappa shape index (κ1) is 17.7. The number of rotatable bonds is 5. The standard InChI is InChI=1S/C16H22F3N3O/c1-11(2)10-22-7-5-12(6-8-22)20-13-3-4-15(21-23)14(9-13)16(17,18)19/h3-4,9,11-12,20H,5-8,10H2,1-2H3. The van der Waals surface area contributed by atoms with Crippen molar-refractivity contribution in [2.45, 2.75) is 38.9 Å². The predicted octanol–water partition coefficient (Wildman–Crippen LogP) is 4.64. The third kappa shape index (κ3) is 4.92. The minimum atomic E-state index is -4.58. The molecule has 0 unspecified atom stereocenters. The molecule has 1 saturated heterocycles. The molecular formula is C16H22F3N3O. The molecular weight excluding hydrogens is 307 g/mol. The molecule has 0 amide bonds. The van der Waals surface area contributed by atoms with Crippen molar-refractivity contribution < 1.29 is 13.2 Å². The Hall–Kier alpha value is -1.63. The lowest BCUT2D eigenvalue weighted by atomic mass is 10.0. The van der Waals surface area contributed by atoms with Crippen LogP contribution in [0.1, 0.15) is 32.3 Å². The molecule has 1 aromatic carbocycles. The van der Waals surface area contributed by atoms with Crippen LogP contribution in [0.4, 0.5) is 24.5 Å². The van der Waals surface area contributed by atoms with E-state index in [-0.39, 0.29) is 6.04 Å². The van der Waals surface area contributed by atoms with Crippen molar-refractivity contribution in [1.82, 2.24) is 4.90 Å². The minimum Gasteiger partial charge on any atom is -0.382 e. The van der Waals surface area contributed by atoms with Gasteiger partial charge >= 0.3 is 6.18 Å². The van der Waals surface area contributed by atoms with Gasteiger partial charge in [0.2, 0.25) is 0 Å². The fraction of sp³-hybridized carbons (Fsp3) is 0.625. The summed E-state index contributed by atoms with van der Waals surface area (Å²) in [7, 11) is 0. The van der Waals surface area contributed by atoms with Crippen molar-refractivity contribution >= 4 is 11.4 Å². The Balaban J connectivity index is 2.00. The summed E-state index contributed by atoms with van der Waals surface area (Å²) in [6.07, 6.45) is -2.80. The molecule has 0 spiro atoms. The number of nitroso groups, excluding NO2 is 1. The number of hydrogen-bond donors (Lipinski definition) is 1. The summed E-state index contributed by atoms with van der Waals surface area (Å²) >= 11 is 0. The van der Waals surface area contributed by atoms with Crippen molar-refractivity contribution in [3.8, 4) is 0 Å². The van der Waals surface area contributed by atoms with Gasteiger partial charge in [0.1, 0.15) is 5.69 Å². The van der Waals surface area contributed by atoms with Crippen LogP contribution in [0.15, 0.2) is 23.4 Å². The third-order valence-electron chi connectivity index (χ3n) is 3.98. The molecule has 128 valence electrons. The van der Waals surface area contributed by atoms with Crippen molar-refractivity contribution in [3.05, 3.63) is 28.7 Å². The van der Waals surface area contributed by atoms with E-state index >= 15 is 0 Å². The summed E-state index contributed by atoms with van der Waals surface area (Å²) in [5.41, 5.74) is -1.18. The molecule has 0 aliphatic carbocycles. The average molecular weight is 329 g/mol. The van der Waals surface area contributed by atoms with Gasteiger partial charge in [0.25, 0.3) is 0 Å². The summed E-state index contributed by atoms with van der Waals surface area (Å²) in [6.45, 7) is 7.27. The van der Waals surface area contributed by atoms with E-state index in [4.69, 9.17) is 0 Å². The number of anilines is 1. The molecule has 2 rings (SSSR count). The van der Waals surface area contributed by atoms with Crippen LogP contribution in [-0.4, -0.2) is 30.6 Å². The molecule has 1 aliphatic rings. The van der Waals surface area contributed by atoms with Crippen molar-refractivity contribution in [2.75, 3.05) is 25.0 Å². The van der Waals surface area contributed by atoms with Crippen molar-refractivity contribution in [1.29, 1.82) is 0 Å². The third-order valence-corrected chi connectivity index (χ3v) is 3.98. The maximum absolute atomic E-state index is 12.9. The molecule has 1 N–H and O–H groups in total. The number of benzene rings is 1. The van der Waals surface area contributed by atoms with Crippen LogP contribution in [-0.2, 0) is 6.18 Å². The normalized spacial score (nSPS) is 17.5. The zero-order valence-corrected chi connectivity index (χ0v) is 13.4. The van der Waals surface area contributed by atoms with E-state index in [1.807, 2.05) is 0 Å². The number of likely N-dealkylation sites (tertiary alicyclic amines) is 1. The molecule has 0 saturated carbocycles. The molecule has 7 heteroatoms. The topological polar surface area (TPSA) is 44.7 Å². The highest BCUT2D eigenvalue weighted by molar-refractivity contribution is 5.58. The van der Waals surface area contributed by atoms with Crippen molar-refractivity contribution in [3.63, 3.8) is 0 Å². The summed E-state index contributed by atoms with van der Waals surface area (Å²) in [5.74, 6) is 0.609. The Morgan fingerprint density at radius 1 is 1.30 bits per heavy atom. The smallest absolute Gasteiger partial charge is 0.382 e. The lowest BCUT2D eigenvalue weighted by Crippen LogP contribution is -2.40. The van der Waals surface area contributed by atoms with Crippen LogP contribution in [0.5, 0.6) is 0 Å². The van der Waals surface area contributed by atoms with E-state index in [1.54, 1.807) is 0 Å². The van der Waals surface area contributed by atoms with Gasteiger partial charge in [-0.3, -0.25) is 0 Å². The number of alkyl halides is 3. The largest absolute Gasteiger partial charge is 0.418 e. The highest BCUT2D eigenvalue weighted by Crippen LogP contribution is 2.38. The van der Waals surface area contributed by atoms with E-state index in [9.17, 15) is 18.1 Å². The van der Waals surface area contributed by atoms with Gasteiger partial charge in [0.05, 0.1) is 5.56 Å². The summed E-state index contributed by atoms with van der Waals surface area (Å²) in [6, 6.07) is 3.71. The molecule has 1 fully saturated rings. The molecule has 1 aliphatic heterocycles. The number of halogens is 3. The lowest BCUT2D eigenvalue weighted by Gasteiger charge is -2.33. The minimum absolute atomic E-state index is 0.148. The van der Waals surface area contributed by atoms with Gasteiger partial charge in [0, 0.05) is 31.4 Å². The van der Waals surface area contributed by atoms with Crippen LogP contribution in [0.3, 0.4) is 0 Å². The second-order valence-corrected chi connectivity index (χ2v) is 6.43. The molecule has 0 atom stereocenters. The first-order valence-corrected chi connectivity index (χ1v) is 7.83. The maximum Gasteiger partial charge on any atom is 0.418 e. The average Bonchev–Trinajstić information content (AvgIpc) is 2.48. The number of nitrogens with one attached hydrogen (secondary N) is 1. The van der Waals surface area contributed by atoms with Gasteiger partial charge in [-0.2, -0.15) is 13.2 Å². The predicted molar refractivity (Wildman–Crippen MR) is 84.8 cm³/mol. The Kier molecular flexibility index (Phi) is 5.62. The highest BCUT2D eigenvalue weighted by Gasteiger charge is 2.34. The van der Waals surface area contributed by atoms with Gasteiger partial charge in [-0.15, -0.1) is 4.91 Å². The Morgan fingerprint density at radius 2 is 1.96 bits per heavy atom. The van der Waals surface area contributed by atoms with E-state index < -0.39 is 17.4 Å². The van der Waals surface area contributed by atoms with Crippen LogP contribution in [0.2, 0.25) is 0 Å². The zero-order valence-electron chi connectivity index (χ0n) is 13.4. The summed E-state index contributed by atoms with van der Waals surface area (Å²) < 4.78 is 38.8. The quantitative estimate of drug-likeness (QED) is 0.801. The van der Waals surface area contributed by atoms with Gasteiger partial charge in [0.15, 0.2) is 0 Å². The van der Waals surface area contributed by atoms with Crippen LogP contribution in [0, 0.1) is 10.8 Å². The maximum atomic E-state index is 12.9. The second-order valence-electron chi connectivity index (χ2n) is 6.43. The van der Waals surface area contributed by atoms with Gasteiger partial charge in [-0.05, 0) is 42.1 Å². The second kappa shape index (κ2) is 7.29. The van der Waals surface area contributed by atoms with E-state index in [1.165, 1.54) is 6.07 Å². The molecule has 0 bridgehead atoms. The number of piperidine rings is 1. The summed E-state index contributed by atoms with van der Waals surface area (Å²) in [4.78, 5) is 12.9. The van der Waals surface area contributed by atoms with Gasteiger partial charge in [-0.1, -0.05) is 13.8 Å². The fourth-order valence-electron chi connectivity index (χ4n) is 2.94. The zero-order chi connectivity index (χ0) is 17.0. The Morgan fingerprint density at radius 3 is 2.48 bits per heavy atom. The van der Waals surface area contributed by atoms with E-state index in [2.05, 4.69) is 29.2 Å². The van der Waals surface area contributed by atoms with Crippen LogP contribution in [0.25, 0.3) is 0 Å². The number of nitrogens with zero attached hydrogens (tertiary/aromatic N) is 2. The van der Waals surface area contributed by atoms with Gasteiger partial charge in [-0.25, -0.2) is 0 Å². The molecule has 23 heavy (non-hydrogen) atoms. The highest BCUT2D eigenvalue weighted by atomic mass is 19.4. The number of hydrogen-bond acceptors (Lipinski definition) is 4. The first-order chi connectivity index (χ1) is 10.8. The monoisotopic (exact) mass is 329 g/mol. The molecule has 1 heterocycles. The van der Waals surface area contributed by atoms with E-state index in [0.717, 1.165) is 44.6 Å². The first-order valence-electron chi connectivity index (χ1n) is 7.83. The van der Waals surface area contributed by atoms with Crippen LogP contribution < -0.4 is 5.32 Å². The summed E-state index contributed by atoms with van der Waals surface area (Å²) in [5, 5.41) is 5.61. The molecule has 1 aromatic rings. The molecule has 4 nitrogen and oxygen atoms in total. The SMILES string of the molecule is CC(C)CN1CCC(Nc2ccc(N=O)c(C(F)(F)F)c2)CC1.